The van der Waals surface area contributed by atoms with Crippen LogP contribution in [-0.2, 0) is 11.2 Å². The van der Waals surface area contributed by atoms with Crippen LogP contribution in [0.1, 0.15) is 12.6 Å². The zero-order valence-electron chi connectivity index (χ0n) is 15.6. The third kappa shape index (κ3) is 6.28. The monoisotopic (exact) mass is 414 g/mol. The Kier molecular flexibility index (Phi) is 6.75. The number of nitrogens with one attached hydrogen (secondary N) is 3. The molecular weight excluding hydrogens is 395 g/mol. The number of anilines is 3. The van der Waals surface area contributed by atoms with Gasteiger partial charge in [0.25, 0.3) is 0 Å². The lowest BCUT2D eigenvalue weighted by Crippen LogP contribution is -2.19. The van der Waals surface area contributed by atoms with Gasteiger partial charge < -0.3 is 15.4 Å². The van der Waals surface area contributed by atoms with Gasteiger partial charge in [0.05, 0.1) is 18.7 Å². The third-order valence-electron chi connectivity index (χ3n) is 3.67. The number of amides is 3. The lowest BCUT2D eigenvalue weighted by Gasteiger charge is -2.06. The first-order valence-corrected chi connectivity index (χ1v) is 9.70. The highest BCUT2D eigenvalue weighted by Gasteiger charge is 2.10. The molecule has 0 radical (unpaired) electrons. The van der Waals surface area contributed by atoms with Gasteiger partial charge in [-0.2, -0.15) is 0 Å². The Morgan fingerprint density at radius 2 is 1.66 bits per heavy atom. The largest absolute Gasteiger partial charge is 0.494 e. The van der Waals surface area contributed by atoms with E-state index >= 15 is 0 Å². The lowest BCUT2D eigenvalue weighted by atomic mass is 10.2. The van der Waals surface area contributed by atoms with E-state index < -0.39 is 6.03 Å². The fraction of sp³-hybridized carbons (Fsp3) is 0.150. The molecule has 0 aliphatic rings. The highest BCUT2D eigenvalue weighted by molar-refractivity contribution is 7.14. The fourth-order valence-corrected chi connectivity index (χ4v) is 3.11. The Bertz CT molecular complexity index is 974. The fourth-order valence-electron chi connectivity index (χ4n) is 2.41. The van der Waals surface area contributed by atoms with Crippen molar-refractivity contribution >= 4 is 39.8 Å². The highest BCUT2D eigenvalue weighted by atomic mass is 32.1. The first-order valence-electron chi connectivity index (χ1n) is 8.82. The normalized spacial score (nSPS) is 10.3. The molecule has 0 unspecified atom stereocenters. The van der Waals surface area contributed by atoms with E-state index in [1.54, 1.807) is 29.6 Å². The quantitative estimate of drug-likeness (QED) is 0.531. The summed E-state index contributed by atoms with van der Waals surface area (Å²) in [6.07, 6.45) is 0.0744. The first-order chi connectivity index (χ1) is 14.0. The van der Waals surface area contributed by atoms with Crippen molar-refractivity contribution in [2.75, 3.05) is 22.6 Å². The number of rotatable bonds is 7. The second kappa shape index (κ2) is 9.65. The zero-order chi connectivity index (χ0) is 20.6. The molecule has 0 bridgehead atoms. The first kappa shape index (κ1) is 20.3. The summed E-state index contributed by atoms with van der Waals surface area (Å²) in [6, 6.07) is 12.0. The Hall–Kier alpha value is -3.46. The summed E-state index contributed by atoms with van der Waals surface area (Å²) in [6.45, 7) is 2.48. The van der Waals surface area contributed by atoms with Gasteiger partial charge >= 0.3 is 6.03 Å². The van der Waals surface area contributed by atoms with E-state index in [4.69, 9.17) is 4.74 Å². The van der Waals surface area contributed by atoms with Crippen LogP contribution in [0, 0.1) is 5.82 Å². The van der Waals surface area contributed by atoms with E-state index in [2.05, 4.69) is 20.9 Å². The standard InChI is InChI=1S/C20H19FN4O3S/c1-2-28-17-9-7-14(8-10-17)22-18(26)11-16-12-29-20(24-16)25-19(27)23-15-5-3-13(21)4-6-15/h3-10,12H,2,11H2,1H3,(H,22,26)(H2,23,24,25,27). The Labute approximate surface area is 170 Å². The average molecular weight is 414 g/mol. The van der Waals surface area contributed by atoms with E-state index in [1.165, 1.54) is 35.6 Å². The minimum Gasteiger partial charge on any atom is -0.494 e. The van der Waals surface area contributed by atoms with Crippen molar-refractivity contribution in [2.24, 2.45) is 0 Å². The van der Waals surface area contributed by atoms with Crippen LogP contribution in [0.15, 0.2) is 53.9 Å². The van der Waals surface area contributed by atoms with E-state index in [-0.39, 0.29) is 18.1 Å². The summed E-state index contributed by atoms with van der Waals surface area (Å²) < 4.78 is 18.3. The molecule has 1 heterocycles. The summed E-state index contributed by atoms with van der Waals surface area (Å²) in [4.78, 5) is 28.4. The summed E-state index contributed by atoms with van der Waals surface area (Å²) >= 11 is 1.21. The topological polar surface area (TPSA) is 92.4 Å². The van der Waals surface area contributed by atoms with Crippen molar-refractivity contribution in [3.63, 3.8) is 0 Å². The molecule has 3 N–H and O–H groups in total. The van der Waals surface area contributed by atoms with Gasteiger partial charge in [-0.05, 0) is 55.5 Å². The number of ether oxygens (including phenoxy) is 1. The third-order valence-corrected chi connectivity index (χ3v) is 4.47. The molecule has 0 spiro atoms. The molecule has 3 aromatic rings. The second-order valence-electron chi connectivity index (χ2n) is 5.91. The number of urea groups is 1. The summed E-state index contributed by atoms with van der Waals surface area (Å²) in [5.41, 5.74) is 1.65. The van der Waals surface area contributed by atoms with Crippen LogP contribution in [0.25, 0.3) is 0 Å². The molecule has 2 aromatic carbocycles. The number of hydrogen-bond donors (Lipinski definition) is 3. The SMILES string of the molecule is CCOc1ccc(NC(=O)Cc2csc(NC(=O)Nc3ccc(F)cc3)n2)cc1. The smallest absolute Gasteiger partial charge is 0.325 e. The second-order valence-corrected chi connectivity index (χ2v) is 6.77. The molecule has 0 saturated heterocycles. The molecule has 150 valence electrons. The number of thiazole rings is 1. The van der Waals surface area contributed by atoms with Crippen molar-refractivity contribution in [2.45, 2.75) is 13.3 Å². The molecule has 1 aromatic heterocycles. The molecule has 0 aliphatic heterocycles. The van der Waals surface area contributed by atoms with E-state index in [1.807, 2.05) is 6.92 Å². The highest BCUT2D eigenvalue weighted by Crippen LogP contribution is 2.18. The van der Waals surface area contributed by atoms with Crippen LogP contribution >= 0.6 is 11.3 Å². The molecular formula is C20H19FN4O3S. The molecule has 29 heavy (non-hydrogen) atoms. The summed E-state index contributed by atoms with van der Waals surface area (Å²) in [7, 11) is 0. The van der Waals surface area contributed by atoms with Gasteiger partial charge in [-0.15, -0.1) is 11.3 Å². The maximum Gasteiger partial charge on any atom is 0.325 e. The number of carbonyl (C=O) groups is 2. The van der Waals surface area contributed by atoms with Crippen molar-refractivity contribution in [1.82, 2.24) is 4.98 Å². The number of aromatic nitrogens is 1. The number of benzene rings is 2. The van der Waals surface area contributed by atoms with Gasteiger partial charge in [0.1, 0.15) is 11.6 Å². The van der Waals surface area contributed by atoms with Crippen molar-refractivity contribution in [1.29, 1.82) is 0 Å². The van der Waals surface area contributed by atoms with Gasteiger partial charge in [0.15, 0.2) is 5.13 Å². The molecule has 0 saturated carbocycles. The van der Waals surface area contributed by atoms with Crippen LogP contribution in [0.4, 0.5) is 25.7 Å². The molecule has 7 nitrogen and oxygen atoms in total. The molecule has 0 fully saturated rings. The van der Waals surface area contributed by atoms with Crippen molar-refractivity contribution in [3.8, 4) is 5.75 Å². The van der Waals surface area contributed by atoms with Gasteiger partial charge in [-0.25, -0.2) is 14.2 Å². The predicted molar refractivity (Wildman–Crippen MR) is 111 cm³/mol. The van der Waals surface area contributed by atoms with Crippen LogP contribution in [0.5, 0.6) is 5.75 Å². The Morgan fingerprint density at radius 3 is 2.34 bits per heavy atom. The number of nitrogens with zero attached hydrogens (tertiary/aromatic N) is 1. The molecule has 3 amide bonds. The summed E-state index contributed by atoms with van der Waals surface area (Å²) in [5, 5.41) is 10.0. The Balaban J connectivity index is 1.49. The zero-order valence-corrected chi connectivity index (χ0v) is 16.4. The molecule has 3 rings (SSSR count). The lowest BCUT2D eigenvalue weighted by molar-refractivity contribution is -0.115. The minimum atomic E-state index is -0.503. The van der Waals surface area contributed by atoms with Crippen LogP contribution in [0.2, 0.25) is 0 Å². The maximum absolute atomic E-state index is 12.9. The van der Waals surface area contributed by atoms with E-state index in [9.17, 15) is 14.0 Å². The van der Waals surface area contributed by atoms with E-state index in [0.717, 1.165) is 5.75 Å². The molecule has 0 atom stereocenters. The average Bonchev–Trinajstić information content (AvgIpc) is 3.12. The van der Waals surface area contributed by atoms with Crippen LogP contribution in [0.3, 0.4) is 0 Å². The van der Waals surface area contributed by atoms with Gasteiger partial charge in [-0.1, -0.05) is 0 Å². The van der Waals surface area contributed by atoms with Gasteiger partial charge in [0, 0.05) is 16.8 Å². The van der Waals surface area contributed by atoms with E-state index in [0.29, 0.717) is 28.8 Å². The van der Waals surface area contributed by atoms with Crippen molar-refractivity contribution in [3.05, 3.63) is 65.4 Å². The van der Waals surface area contributed by atoms with Crippen molar-refractivity contribution < 1.29 is 18.7 Å². The molecule has 0 aliphatic carbocycles. The summed E-state index contributed by atoms with van der Waals surface area (Å²) in [5.74, 6) is 0.130. The van der Waals surface area contributed by atoms with Crippen LogP contribution in [-0.4, -0.2) is 23.5 Å². The number of halogens is 1. The predicted octanol–water partition coefficient (Wildman–Crippen LogP) is 4.51. The van der Waals surface area contributed by atoms with Crippen LogP contribution < -0.4 is 20.7 Å². The molecule has 9 heteroatoms. The number of hydrogen-bond acceptors (Lipinski definition) is 5. The van der Waals surface area contributed by atoms with Gasteiger partial charge in [0.2, 0.25) is 5.91 Å². The van der Waals surface area contributed by atoms with Gasteiger partial charge in [-0.3, -0.25) is 10.1 Å². The number of carbonyl (C=O) groups excluding carboxylic acids is 2. The Morgan fingerprint density at radius 1 is 1.00 bits per heavy atom. The minimum absolute atomic E-state index is 0.0744. The maximum atomic E-state index is 12.9.